The Hall–Kier alpha value is -1.22. The molecule has 110 valence electrons. The Labute approximate surface area is 124 Å². The van der Waals surface area contributed by atoms with Crippen LogP contribution in [0.5, 0.6) is 0 Å². The molecule has 0 radical (unpaired) electrons. The van der Waals surface area contributed by atoms with Gasteiger partial charge in [-0.1, -0.05) is 0 Å². The van der Waals surface area contributed by atoms with Gasteiger partial charge in [0.25, 0.3) is 0 Å². The van der Waals surface area contributed by atoms with Crippen molar-refractivity contribution in [2.75, 3.05) is 38.5 Å². The van der Waals surface area contributed by atoms with E-state index in [9.17, 15) is 8.42 Å². The number of quaternary nitrogens is 1. The standard InChI is InChI=1S/C12H18N4O2S2/c1-15-6-8-16(9-7-15)12(19)14-10-2-4-11(5-3-10)20(13,17)18/h2-5H,6-9H2,1H3,(H,14,19)(H2,13,17,18)/p+1. The first-order chi connectivity index (χ1) is 9.36. The molecule has 1 aliphatic rings. The summed E-state index contributed by atoms with van der Waals surface area (Å²) < 4.78 is 22.3. The zero-order valence-corrected chi connectivity index (χ0v) is 12.9. The van der Waals surface area contributed by atoms with Crippen LogP contribution in [0.3, 0.4) is 0 Å². The number of nitrogens with one attached hydrogen (secondary N) is 2. The van der Waals surface area contributed by atoms with Crippen LogP contribution in [0.2, 0.25) is 0 Å². The van der Waals surface area contributed by atoms with E-state index in [0.717, 1.165) is 31.9 Å². The molecule has 0 aromatic heterocycles. The maximum atomic E-state index is 11.2. The van der Waals surface area contributed by atoms with E-state index in [1.54, 1.807) is 12.1 Å². The van der Waals surface area contributed by atoms with Crippen molar-refractivity contribution >= 4 is 33.0 Å². The number of rotatable bonds is 2. The van der Waals surface area contributed by atoms with Crippen LogP contribution in [0.25, 0.3) is 0 Å². The molecule has 1 fully saturated rings. The topological polar surface area (TPSA) is 79.9 Å². The second-order valence-electron chi connectivity index (χ2n) is 4.94. The molecule has 0 unspecified atom stereocenters. The van der Waals surface area contributed by atoms with Crippen LogP contribution < -0.4 is 15.4 Å². The van der Waals surface area contributed by atoms with Gasteiger partial charge in [-0.25, -0.2) is 13.6 Å². The van der Waals surface area contributed by atoms with E-state index in [1.807, 2.05) is 0 Å². The molecule has 4 N–H and O–H groups in total. The molecule has 8 heteroatoms. The van der Waals surface area contributed by atoms with E-state index < -0.39 is 10.0 Å². The molecule has 0 spiro atoms. The lowest BCUT2D eigenvalue weighted by Gasteiger charge is -2.32. The number of hydrogen-bond donors (Lipinski definition) is 3. The number of piperazine rings is 1. The van der Waals surface area contributed by atoms with Gasteiger partial charge in [-0.05, 0) is 36.5 Å². The summed E-state index contributed by atoms with van der Waals surface area (Å²) >= 11 is 5.36. The number of hydrogen-bond acceptors (Lipinski definition) is 3. The number of likely N-dealkylation sites (N-methyl/N-ethyl adjacent to an activating group) is 1. The minimum atomic E-state index is -3.65. The average Bonchev–Trinajstić information content (AvgIpc) is 2.39. The van der Waals surface area contributed by atoms with Gasteiger partial charge in [-0.2, -0.15) is 0 Å². The monoisotopic (exact) mass is 315 g/mol. The highest BCUT2D eigenvalue weighted by Gasteiger charge is 2.18. The van der Waals surface area contributed by atoms with Gasteiger partial charge < -0.3 is 15.1 Å². The highest BCUT2D eigenvalue weighted by molar-refractivity contribution is 7.89. The van der Waals surface area contributed by atoms with Crippen LogP contribution in [0.15, 0.2) is 29.2 Å². The largest absolute Gasteiger partial charge is 0.338 e. The Morgan fingerprint density at radius 2 is 1.85 bits per heavy atom. The summed E-state index contributed by atoms with van der Waals surface area (Å²) in [7, 11) is -1.48. The van der Waals surface area contributed by atoms with Crippen LogP contribution in [-0.2, 0) is 10.0 Å². The fraction of sp³-hybridized carbons (Fsp3) is 0.417. The van der Waals surface area contributed by atoms with Crippen LogP contribution in [0, 0.1) is 0 Å². The maximum Gasteiger partial charge on any atom is 0.238 e. The number of nitrogens with two attached hydrogens (primary N) is 1. The van der Waals surface area contributed by atoms with E-state index in [-0.39, 0.29) is 4.90 Å². The molecule has 0 bridgehead atoms. The maximum absolute atomic E-state index is 11.2. The predicted octanol–water partition coefficient (Wildman–Crippen LogP) is -1.14. The molecule has 20 heavy (non-hydrogen) atoms. The fourth-order valence-corrected chi connectivity index (χ4v) is 2.84. The third kappa shape index (κ3) is 3.89. The molecule has 0 aliphatic carbocycles. The second-order valence-corrected chi connectivity index (χ2v) is 6.89. The number of nitrogens with zero attached hydrogens (tertiary/aromatic N) is 1. The first-order valence-corrected chi connectivity index (χ1v) is 8.32. The quantitative estimate of drug-likeness (QED) is 0.601. The molecule has 1 aromatic carbocycles. The van der Waals surface area contributed by atoms with Crippen molar-refractivity contribution in [1.29, 1.82) is 0 Å². The highest BCUT2D eigenvalue weighted by atomic mass is 32.2. The van der Waals surface area contributed by atoms with Crippen molar-refractivity contribution in [3.8, 4) is 0 Å². The average molecular weight is 315 g/mol. The molecular weight excluding hydrogens is 296 g/mol. The van der Waals surface area contributed by atoms with Gasteiger partial charge in [0.2, 0.25) is 10.0 Å². The van der Waals surface area contributed by atoms with E-state index >= 15 is 0 Å². The summed E-state index contributed by atoms with van der Waals surface area (Å²) in [5.74, 6) is 0. The SMILES string of the molecule is C[NH+]1CCN(C(=S)Nc2ccc(S(N)(=O)=O)cc2)CC1. The van der Waals surface area contributed by atoms with E-state index in [2.05, 4.69) is 17.3 Å². The molecule has 1 aliphatic heterocycles. The van der Waals surface area contributed by atoms with Crippen molar-refractivity contribution in [3.63, 3.8) is 0 Å². The molecular formula is C12H19N4O2S2+. The zero-order chi connectivity index (χ0) is 14.8. The Balaban J connectivity index is 1.98. The summed E-state index contributed by atoms with van der Waals surface area (Å²) in [6.07, 6.45) is 0. The number of anilines is 1. The summed E-state index contributed by atoms with van der Waals surface area (Å²) in [6.45, 7) is 3.97. The Kier molecular flexibility index (Phi) is 4.59. The van der Waals surface area contributed by atoms with Gasteiger partial charge in [0, 0.05) is 5.69 Å². The minimum Gasteiger partial charge on any atom is -0.338 e. The van der Waals surface area contributed by atoms with Gasteiger partial charge in [0.1, 0.15) is 0 Å². The molecule has 0 atom stereocenters. The van der Waals surface area contributed by atoms with E-state index in [4.69, 9.17) is 17.4 Å². The summed E-state index contributed by atoms with van der Waals surface area (Å²) in [4.78, 5) is 3.72. The number of primary sulfonamides is 1. The first-order valence-electron chi connectivity index (χ1n) is 6.36. The zero-order valence-electron chi connectivity index (χ0n) is 11.3. The first kappa shape index (κ1) is 15.2. The number of benzene rings is 1. The Morgan fingerprint density at radius 1 is 1.30 bits per heavy atom. The number of sulfonamides is 1. The minimum absolute atomic E-state index is 0.0946. The smallest absolute Gasteiger partial charge is 0.238 e. The molecule has 1 saturated heterocycles. The van der Waals surface area contributed by atoms with Crippen molar-refractivity contribution < 1.29 is 13.3 Å². The molecule has 0 amide bonds. The van der Waals surface area contributed by atoms with E-state index in [0.29, 0.717) is 5.11 Å². The van der Waals surface area contributed by atoms with Crippen molar-refractivity contribution in [2.45, 2.75) is 4.90 Å². The van der Waals surface area contributed by atoms with Gasteiger partial charge in [0.05, 0.1) is 38.1 Å². The molecule has 0 saturated carbocycles. The van der Waals surface area contributed by atoms with Crippen LogP contribution in [0.1, 0.15) is 0 Å². The Morgan fingerprint density at radius 3 is 2.35 bits per heavy atom. The molecule has 1 heterocycles. The van der Waals surface area contributed by atoms with Crippen LogP contribution in [-0.4, -0.2) is 51.7 Å². The lowest BCUT2D eigenvalue weighted by atomic mass is 10.3. The van der Waals surface area contributed by atoms with Gasteiger partial charge >= 0.3 is 0 Å². The van der Waals surface area contributed by atoms with Crippen molar-refractivity contribution in [1.82, 2.24) is 4.90 Å². The van der Waals surface area contributed by atoms with Gasteiger partial charge in [-0.15, -0.1) is 0 Å². The van der Waals surface area contributed by atoms with E-state index in [1.165, 1.54) is 17.0 Å². The van der Waals surface area contributed by atoms with Crippen LogP contribution in [0.4, 0.5) is 5.69 Å². The summed E-state index contributed by atoms with van der Waals surface area (Å²) in [6, 6.07) is 6.25. The third-order valence-corrected chi connectivity index (χ3v) is 4.63. The normalized spacial score (nSPS) is 17.0. The lowest BCUT2D eigenvalue weighted by molar-refractivity contribution is -0.883. The van der Waals surface area contributed by atoms with Crippen molar-refractivity contribution in [3.05, 3.63) is 24.3 Å². The lowest BCUT2D eigenvalue weighted by Crippen LogP contribution is -3.12. The van der Waals surface area contributed by atoms with Crippen LogP contribution >= 0.6 is 12.2 Å². The molecule has 1 aromatic rings. The fourth-order valence-electron chi connectivity index (χ4n) is 2.02. The third-order valence-electron chi connectivity index (χ3n) is 3.34. The summed E-state index contributed by atoms with van der Waals surface area (Å²) in [5, 5.41) is 8.84. The second kappa shape index (κ2) is 6.04. The summed E-state index contributed by atoms with van der Waals surface area (Å²) in [5.41, 5.74) is 0.758. The molecule has 2 rings (SSSR count). The predicted molar refractivity (Wildman–Crippen MR) is 82.2 cm³/mol. The Bertz CT molecular complexity index is 578. The number of thiocarbonyl (C=S) groups is 1. The van der Waals surface area contributed by atoms with Gasteiger partial charge in [0.15, 0.2) is 5.11 Å². The van der Waals surface area contributed by atoms with Crippen molar-refractivity contribution in [2.24, 2.45) is 5.14 Å². The highest BCUT2D eigenvalue weighted by Crippen LogP contribution is 2.13. The van der Waals surface area contributed by atoms with Gasteiger partial charge in [-0.3, -0.25) is 0 Å². The molecule has 6 nitrogen and oxygen atoms in total.